The van der Waals surface area contributed by atoms with Gasteiger partial charge in [-0.2, -0.15) is 0 Å². The predicted octanol–water partition coefficient (Wildman–Crippen LogP) is 3.73. The number of aliphatic hydroxyl groups is 1. The Morgan fingerprint density at radius 2 is 1.65 bits per heavy atom. The second-order valence-electron chi connectivity index (χ2n) is 5.57. The highest BCUT2D eigenvalue weighted by Gasteiger charge is 2.43. The average molecular weight is 314 g/mol. The van der Waals surface area contributed by atoms with E-state index in [9.17, 15) is 9.90 Å². The monoisotopic (exact) mass is 313 g/mol. The van der Waals surface area contributed by atoms with Crippen LogP contribution in [0.3, 0.4) is 0 Å². The Bertz CT molecular complexity index is 588. The van der Waals surface area contributed by atoms with E-state index in [1.165, 1.54) is 4.90 Å². The fourth-order valence-corrected chi connectivity index (χ4v) is 2.98. The molecule has 0 radical (unpaired) electrons. The molecule has 0 saturated heterocycles. The van der Waals surface area contributed by atoms with E-state index in [2.05, 4.69) is 0 Å². The molecule has 0 aliphatic carbocycles. The Balaban J connectivity index is 2.48. The molecule has 1 amide bonds. The first-order chi connectivity index (χ1) is 9.16. The van der Waals surface area contributed by atoms with Crippen molar-refractivity contribution in [2.45, 2.75) is 39.5 Å². The van der Waals surface area contributed by atoms with Crippen LogP contribution >= 0.6 is 23.2 Å². The minimum Gasteiger partial charge on any atom is -0.369 e. The molecule has 0 spiro atoms. The third-order valence-electron chi connectivity index (χ3n) is 3.93. The highest BCUT2D eigenvalue weighted by Crippen LogP contribution is 2.38. The Morgan fingerprint density at radius 1 is 1.15 bits per heavy atom. The molecule has 1 aromatic rings. The van der Waals surface area contributed by atoms with E-state index >= 15 is 0 Å². The van der Waals surface area contributed by atoms with Crippen LogP contribution in [0.1, 0.15) is 33.3 Å². The van der Waals surface area contributed by atoms with E-state index in [4.69, 9.17) is 23.2 Å². The number of halogens is 2. The Kier molecular flexibility index (Phi) is 3.89. The summed E-state index contributed by atoms with van der Waals surface area (Å²) in [7, 11) is 0. The zero-order valence-electron chi connectivity index (χ0n) is 11.9. The lowest BCUT2D eigenvalue weighted by atomic mass is 9.92. The van der Waals surface area contributed by atoms with E-state index in [0.717, 1.165) is 5.56 Å². The van der Waals surface area contributed by atoms with Gasteiger partial charge in [-0.3, -0.25) is 4.79 Å². The maximum atomic E-state index is 12.4. The number of nitrogens with zero attached hydrogens (tertiary/aromatic N) is 1. The molecule has 1 aliphatic heterocycles. The van der Waals surface area contributed by atoms with Crippen LogP contribution in [0.4, 0.5) is 0 Å². The second kappa shape index (κ2) is 5.06. The molecule has 3 nitrogen and oxygen atoms in total. The van der Waals surface area contributed by atoms with Crippen molar-refractivity contribution in [2.75, 3.05) is 0 Å². The van der Waals surface area contributed by atoms with Crippen LogP contribution in [-0.2, 0) is 10.3 Å². The van der Waals surface area contributed by atoms with Crippen molar-refractivity contribution >= 4 is 29.1 Å². The molecule has 2 rings (SSSR count). The lowest BCUT2D eigenvalue weighted by molar-refractivity contribution is -0.140. The molecule has 5 heteroatoms. The zero-order valence-corrected chi connectivity index (χ0v) is 13.4. The summed E-state index contributed by atoms with van der Waals surface area (Å²) in [6.07, 6.45) is -0.921. The number of rotatable bonds is 2. The standard InChI is InChI=1S/C15H17Cl2NO2/c1-8-9(2)14(20)18(13(8)19)15(3,4)10-5-11(16)7-12(17)6-10/h5-7,13,19H,1-4H3. The minimum atomic E-state index is -0.921. The van der Waals surface area contributed by atoms with E-state index in [1.807, 2.05) is 13.8 Å². The smallest absolute Gasteiger partial charge is 0.252 e. The summed E-state index contributed by atoms with van der Waals surface area (Å²) in [5, 5.41) is 11.3. The van der Waals surface area contributed by atoms with Crippen molar-refractivity contribution in [3.8, 4) is 0 Å². The molecule has 108 valence electrons. The Hall–Kier alpha value is -1.03. The molecule has 0 bridgehead atoms. The number of carbonyl (C=O) groups excluding carboxylic acids is 1. The van der Waals surface area contributed by atoms with Crippen LogP contribution in [0.25, 0.3) is 0 Å². The molecule has 1 N–H and O–H groups in total. The molecular weight excluding hydrogens is 297 g/mol. The van der Waals surface area contributed by atoms with Gasteiger partial charge in [-0.05, 0) is 57.0 Å². The summed E-state index contributed by atoms with van der Waals surface area (Å²) in [5.41, 5.74) is 1.32. The number of carbonyl (C=O) groups is 1. The van der Waals surface area contributed by atoms with Gasteiger partial charge in [-0.1, -0.05) is 23.2 Å². The van der Waals surface area contributed by atoms with E-state index in [0.29, 0.717) is 21.2 Å². The maximum Gasteiger partial charge on any atom is 0.252 e. The highest BCUT2D eigenvalue weighted by atomic mass is 35.5. The SMILES string of the molecule is CC1=C(C)C(O)N(C(C)(C)c2cc(Cl)cc(Cl)c2)C1=O. The van der Waals surface area contributed by atoms with Gasteiger partial charge in [0.2, 0.25) is 0 Å². The molecule has 1 atom stereocenters. The van der Waals surface area contributed by atoms with Crippen LogP contribution in [0.5, 0.6) is 0 Å². The number of aliphatic hydroxyl groups excluding tert-OH is 1. The van der Waals surface area contributed by atoms with Gasteiger partial charge >= 0.3 is 0 Å². The van der Waals surface area contributed by atoms with Crippen molar-refractivity contribution in [3.05, 3.63) is 45.0 Å². The van der Waals surface area contributed by atoms with E-state index in [1.54, 1.807) is 32.0 Å². The van der Waals surface area contributed by atoms with E-state index < -0.39 is 11.8 Å². The molecule has 0 saturated carbocycles. The number of hydrogen-bond donors (Lipinski definition) is 1. The molecule has 1 heterocycles. The summed E-state index contributed by atoms with van der Waals surface area (Å²) < 4.78 is 0. The number of amides is 1. The van der Waals surface area contributed by atoms with E-state index in [-0.39, 0.29) is 5.91 Å². The van der Waals surface area contributed by atoms with Crippen LogP contribution in [0.15, 0.2) is 29.3 Å². The first-order valence-corrected chi connectivity index (χ1v) is 7.07. The topological polar surface area (TPSA) is 40.5 Å². The molecule has 20 heavy (non-hydrogen) atoms. The van der Waals surface area contributed by atoms with Crippen LogP contribution in [0.2, 0.25) is 10.0 Å². The first-order valence-electron chi connectivity index (χ1n) is 6.32. The van der Waals surface area contributed by atoms with Crippen molar-refractivity contribution in [1.82, 2.24) is 4.90 Å². The van der Waals surface area contributed by atoms with Gasteiger partial charge < -0.3 is 10.0 Å². The summed E-state index contributed by atoms with van der Waals surface area (Å²) in [6.45, 7) is 7.21. The van der Waals surface area contributed by atoms with Gasteiger partial charge in [-0.25, -0.2) is 0 Å². The van der Waals surface area contributed by atoms with Crippen molar-refractivity contribution < 1.29 is 9.90 Å². The van der Waals surface area contributed by atoms with Gasteiger partial charge in [-0.15, -0.1) is 0 Å². The van der Waals surface area contributed by atoms with Crippen molar-refractivity contribution in [3.63, 3.8) is 0 Å². The highest BCUT2D eigenvalue weighted by molar-refractivity contribution is 6.34. The van der Waals surface area contributed by atoms with Gasteiger partial charge in [0.15, 0.2) is 6.23 Å². The summed E-state index contributed by atoms with van der Waals surface area (Å²) in [5.74, 6) is -0.170. The van der Waals surface area contributed by atoms with Crippen molar-refractivity contribution in [2.24, 2.45) is 0 Å². The fourth-order valence-electron chi connectivity index (χ4n) is 2.45. The molecule has 0 aromatic heterocycles. The second-order valence-corrected chi connectivity index (χ2v) is 6.45. The van der Waals surface area contributed by atoms with Gasteiger partial charge in [0, 0.05) is 15.6 Å². The van der Waals surface area contributed by atoms with Crippen LogP contribution < -0.4 is 0 Å². The maximum absolute atomic E-state index is 12.4. The van der Waals surface area contributed by atoms with Gasteiger partial charge in [0.25, 0.3) is 5.91 Å². The average Bonchev–Trinajstić information content (AvgIpc) is 2.53. The number of hydrogen-bond acceptors (Lipinski definition) is 2. The predicted molar refractivity (Wildman–Crippen MR) is 80.7 cm³/mol. The number of benzene rings is 1. The largest absolute Gasteiger partial charge is 0.369 e. The lowest BCUT2D eigenvalue weighted by Crippen LogP contribution is -2.48. The Labute approximate surface area is 128 Å². The third kappa shape index (κ3) is 2.34. The third-order valence-corrected chi connectivity index (χ3v) is 4.37. The molecule has 1 aliphatic rings. The zero-order chi connectivity index (χ0) is 15.2. The van der Waals surface area contributed by atoms with Gasteiger partial charge in [0.05, 0.1) is 5.54 Å². The van der Waals surface area contributed by atoms with Crippen LogP contribution in [-0.4, -0.2) is 22.1 Å². The summed E-state index contributed by atoms with van der Waals surface area (Å²) in [6, 6.07) is 5.16. The molecule has 1 aromatic carbocycles. The van der Waals surface area contributed by atoms with Crippen molar-refractivity contribution in [1.29, 1.82) is 0 Å². The minimum absolute atomic E-state index is 0.170. The lowest BCUT2D eigenvalue weighted by Gasteiger charge is -2.39. The molecule has 0 fully saturated rings. The fraction of sp³-hybridized carbons (Fsp3) is 0.400. The normalized spacial score (nSPS) is 20.1. The first kappa shape index (κ1) is 15.4. The molecule has 1 unspecified atom stereocenters. The summed E-state index contributed by atoms with van der Waals surface area (Å²) >= 11 is 12.1. The quantitative estimate of drug-likeness (QED) is 0.903. The summed E-state index contributed by atoms with van der Waals surface area (Å²) in [4.78, 5) is 13.8. The van der Waals surface area contributed by atoms with Gasteiger partial charge in [0.1, 0.15) is 0 Å². The molecular formula is C15H17Cl2NO2. The Morgan fingerprint density at radius 3 is 2.05 bits per heavy atom. The van der Waals surface area contributed by atoms with Crippen LogP contribution in [0, 0.1) is 0 Å².